The molecular formula is C22H25NO4. The molecule has 142 valence electrons. The molecule has 0 saturated carbocycles. The van der Waals surface area contributed by atoms with Crippen LogP contribution in [0.5, 0.6) is 0 Å². The van der Waals surface area contributed by atoms with E-state index < -0.39 is 6.10 Å². The van der Waals surface area contributed by atoms with E-state index in [1.54, 1.807) is 12.1 Å². The molecule has 5 heteroatoms. The topological polar surface area (TPSA) is 71.7 Å². The number of aryl methyl sites for hydroxylation is 1. The summed E-state index contributed by atoms with van der Waals surface area (Å²) in [4.78, 5) is 11.5. The molecule has 1 heterocycles. The minimum atomic E-state index is -0.681. The number of hydrogen-bond donors (Lipinski definition) is 2. The van der Waals surface area contributed by atoms with Gasteiger partial charge in [0, 0.05) is 18.0 Å². The van der Waals surface area contributed by atoms with Gasteiger partial charge in [-0.25, -0.2) is 4.79 Å². The molecule has 0 spiro atoms. The van der Waals surface area contributed by atoms with Gasteiger partial charge in [-0.3, -0.25) is 0 Å². The summed E-state index contributed by atoms with van der Waals surface area (Å²) in [5.41, 5.74) is 2.51. The number of ether oxygens (including phenoxy) is 1. The Morgan fingerprint density at radius 3 is 2.63 bits per heavy atom. The van der Waals surface area contributed by atoms with Crippen molar-refractivity contribution < 1.29 is 19.1 Å². The van der Waals surface area contributed by atoms with Crippen molar-refractivity contribution in [2.75, 3.05) is 13.7 Å². The molecule has 2 atom stereocenters. The Labute approximate surface area is 159 Å². The summed E-state index contributed by atoms with van der Waals surface area (Å²) in [5.74, 6) is 0.255. The van der Waals surface area contributed by atoms with E-state index in [1.807, 2.05) is 42.5 Å². The molecule has 0 bridgehead atoms. The number of esters is 1. The molecule has 3 rings (SSSR count). The highest BCUT2D eigenvalue weighted by atomic mass is 16.5. The number of methoxy groups -OCH3 is 1. The van der Waals surface area contributed by atoms with Crippen molar-refractivity contribution in [3.8, 4) is 0 Å². The number of nitrogens with one attached hydrogen (secondary N) is 1. The van der Waals surface area contributed by atoms with E-state index in [0.29, 0.717) is 17.9 Å². The van der Waals surface area contributed by atoms with E-state index in [4.69, 9.17) is 9.15 Å². The van der Waals surface area contributed by atoms with Crippen LogP contribution in [0.3, 0.4) is 0 Å². The fraction of sp³-hybridized carbons (Fsp3) is 0.318. The van der Waals surface area contributed by atoms with Crippen LogP contribution >= 0.6 is 0 Å². The van der Waals surface area contributed by atoms with Gasteiger partial charge in [-0.1, -0.05) is 30.3 Å². The molecule has 2 N–H and O–H groups in total. The quantitative estimate of drug-likeness (QED) is 0.592. The number of fused-ring (bicyclic) bond motifs is 1. The number of hydrogen-bond acceptors (Lipinski definition) is 5. The van der Waals surface area contributed by atoms with Crippen molar-refractivity contribution in [1.82, 2.24) is 5.32 Å². The fourth-order valence-electron chi connectivity index (χ4n) is 2.99. The Morgan fingerprint density at radius 2 is 1.93 bits per heavy atom. The highest BCUT2D eigenvalue weighted by Gasteiger charge is 2.14. The fourth-order valence-corrected chi connectivity index (χ4v) is 2.99. The van der Waals surface area contributed by atoms with Crippen molar-refractivity contribution in [3.63, 3.8) is 0 Å². The maximum atomic E-state index is 11.5. The zero-order valence-corrected chi connectivity index (χ0v) is 15.6. The molecule has 2 unspecified atom stereocenters. The van der Waals surface area contributed by atoms with Crippen molar-refractivity contribution in [2.24, 2.45) is 0 Å². The van der Waals surface area contributed by atoms with Crippen molar-refractivity contribution >= 4 is 16.9 Å². The zero-order valence-electron chi connectivity index (χ0n) is 15.6. The summed E-state index contributed by atoms with van der Waals surface area (Å²) in [6.07, 6.45) is 1.13. The predicted octanol–water partition coefficient (Wildman–Crippen LogP) is 3.86. The molecule has 3 aromatic rings. The molecule has 2 aromatic carbocycles. The Kier molecular flexibility index (Phi) is 6.27. The minimum absolute atomic E-state index is 0.240. The smallest absolute Gasteiger partial charge is 0.337 e. The lowest BCUT2D eigenvalue weighted by atomic mass is 10.0. The van der Waals surface area contributed by atoms with E-state index in [0.717, 1.165) is 29.4 Å². The van der Waals surface area contributed by atoms with Gasteiger partial charge in [0.2, 0.25) is 0 Å². The van der Waals surface area contributed by atoms with Crippen LogP contribution in [0.25, 0.3) is 11.0 Å². The van der Waals surface area contributed by atoms with Crippen molar-refractivity contribution in [2.45, 2.75) is 31.9 Å². The third-order valence-electron chi connectivity index (χ3n) is 4.67. The van der Waals surface area contributed by atoms with Crippen LogP contribution in [0.15, 0.2) is 59.0 Å². The minimum Gasteiger partial charge on any atom is -0.465 e. The highest BCUT2D eigenvalue weighted by molar-refractivity contribution is 5.89. The summed E-state index contributed by atoms with van der Waals surface area (Å²) in [6.45, 7) is 2.52. The Morgan fingerprint density at radius 1 is 1.19 bits per heavy atom. The largest absolute Gasteiger partial charge is 0.465 e. The van der Waals surface area contributed by atoms with Crippen LogP contribution in [0.4, 0.5) is 0 Å². The highest BCUT2D eigenvalue weighted by Crippen LogP contribution is 2.23. The first kappa shape index (κ1) is 19.1. The number of carbonyl (C=O) groups excluding carboxylic acids is 1. The molecule has 0 saturated heterocycles. The molecule has 0 fully saturated rings. The van der Waals surface area contributed by atoms with E-state index in [-0.39, 0.29) is 12.0 Å². The van der Waals surface area contributed by atoms with Crippen LogP contribution in [0.2, 0.25) is 0 Å². The molecule has 0 amide bonds. The van der Waals surface area contributed by atoms with Crippen LogP contribution in [0.1, 0.15) is 41.1 Å². The lowest BCUT2D eigenvalue weighted by Crippen LogP contribution is -2.30. The Balaban J connectivity index is 1.46. The van der Waals surface area contributed by atoms with E-state index in [2.05, 4.69) is 12.2 Å². The molecule has 5 nitrogen and oxygen atoms in total. The molecule has 0 radical (unpaired) electrons. The summed E-state index contributed by atoms with van der Waals surface area (Å²) in [6, 6.07) is 17.3. The molecule has 0 aliphatic rings. The Hall–Kier alpha value is -2.63. The molecular weight excluding hydrogens is 342 g/mol. The van der Waals surface area contributed by atoms with Gasteiger partial charge < -0.3 is 19.6 Å². The van der Waals surface area contributed by atoms with Gasteiger partial charge in [-0.2, -0.15) is 0 Å². The maximum absolute atomic E-state index is 11.5. The number of carbonyl (C=O) groups is 1. The van der Waals surface area contributed by atoms with Crippen LogP contribution in [-0.2, 0) is 11.2 Å². The lowest BCUT2D eigenvalue weighted by Gasteiger charge is -2.16. The number of aliphatic hydroxyl groups is 1. The third kappa shape index (κ3) is 4.96. The van der Waals surface area contributed by atoms with Gasteiger partial charge in [0.05, 0.1) is 12.7 Å². The Bertz CT molecular complexity index is 852. The first-order valence-electron chi connectivity index (χ1n) is 9.14. The standard InChI is InChI=1S/C22H25NO4/c1-15(7-8-16-9-11-17(12-10-16)22(25)26-2)23-14-19(24)21-13-18-5-3-4-6-20(18)27-21/h3-6,9-13,15,19,23-24H,7-8,14H2,1-2H3. The van der Waals surface area contributed by atoms with Gasteiger partial charge in [-0.05, 0) is 49.6 Å². The summed E-state index contributed by atoms with van der Waals surface area (Å²) < 4.78 is 10.4. The first-order valence-corrected chi connectivity index (χ1v) is 9.14. The lowest BCUT2D eigenvalue weighted by molar-refractivity contribution is 0.0600. The second-order valence-corrected chi connectivity index (χ2v) is 6.74. The van der Waals surface area contributed by atoms with Crippen LogP contribution in [0, 0.1) is 0 Å². The van der Waals surface area contributed by atoms with Gasteiger partial charge in [0.25, 0.3) is 0 Å². The van der Waals surface area contributed by atoms with Crippen LogP contribution < -0.4 is 5.32 Å². The average Bonchev–Trinajstić information content (AvgIpc) is 3.14. The number of benzene rings is 2. The summed E-state index contributed by atoms with van der Waals surface area (Å²) in [7, 11) is 1.38. The summed E-state index contributed by atoms with van der Waals surface area (Å²) >= 11 is 0. The second kappa shape index (κ2) is 8.84. The second-order valence-electron chi connectivity index (χ2n) is 6.74. The number of aliphatic hydroxyl groups excluding tert-OH is 1. The number of furan rings is 1. The summed E-state index contributed by atoms with van der Waals surface area (Å²) in [5, 5.41) is 14.7. The predicted molar refractivity (Wildman–Crippen MR) is 105 cm³/mol. The SMILES string of the molecule is COC(=O)c1ccc(CCC(C)NCC(O)c2cc3ccccc3o2)cc1. The number of rotatable bonds is 8. The zero-order chi connectivity index (χ0) is 19.2. The van der Waals surface area contributed by atoms with Gasteiger partial charge in [0.1, 0.15) is 17.4 Å². The van der Waals surface area contributed by atoms with Gasteiger partial charge >= 0.3 is 5.97 Å². The number of para-hydroxylation sites is 1. The van der Waals surface area contributed by atoms with Gasteiger partial charge in [0.15, 0.2) is 0 Å². The average molecular weight is 367 g/mol. The maximum Gasteiger partial charge on any atom is 0.337 e. The third-order valence-corrected chi connectivity index (χ3v) is 4.67. The molecule has 0 aliphatic carbocycles. The molecule has 27 heavy (non-hydrogen) atoms. The van der Waals surface area contributed by atoms with E-state index >= 15 is 0 Å². The first-order chi connectivity index (χ1) is 13.1. The van der Waals surface area contributed by atoms with Gasteiger partial charge in [-0.15, -0.1) is 0 Å². The normalized spacial score (nSPS) is 13.4. The van der Waals surface area contributed by atoms with E-state index in [9.17, 15) is 9.90 Å². The molecule has 1 aromatic heterocycles. The monoisotopic (exact) mass is 367 g/mol. The van der Waals surface area contributed by atoms with Crippen LogP contribution in [-0.4, -0.2) is 30.8 Å². The molecule has 0 aliphatic heterocycles. The van der Waals surface area contributed by atoms with Crippen molar-refractivity contribution in [3.05, 3.63) is 71.5 Å². The van der Waals surface area contributed by atoms with Crippen molar-refractivity contribution in [1.29, 1.82) is 0 Å². The van der Waals surface area contributed by atoms with E-state index in [1.165, 1.54) is 7.11 Å².